The second-order valence-electron chi connectivity index (χ2n) is 14.2. The smallest absolute Gasteiger partial charge is 0.256 e. The molecule has 3 aliphatic rings. The molecule has 4 aromatic carbocycles. The summed E-state index contributed by atoms with van der Waals surface area (Å²) in [5.74, 6) is 0.146. The highest BCUT2D eigenvalue weighted by Crippen LogP contribution is 2.37. The summed E-state index contributed by atoms with van der Waals surface area (Å²) in [4.78, 5) is 43.6. The van der Waals surface area contributed by atoms with Gasteiger partial charge in [-0.1, -0.05) is 73.1 Å². The fourth-order valence-corrected chi connectivity index (χ4v) is 8.20. The first-order valence-corrected chi connectivity index (χ1v) is 19.4. The van der Waals surface area contributed by atoms with Crippen molar-refractivity contribution in [2.75, 3.05) is 44.2 Å². The van der Waals surface area contributed by atoms with Crippen LogP contribution in [0.5, 0.6) is 11.5 Å². The molecule has 0 saturated carbocycles. The minimum Gasteiger partial charge on any atom is -0.508 e. The van der Waals surface area contributed by atoms with Crippen molar-refractivity contribution in [1.29, 1.82) is 0 Å². The fourth-order valence-electron chi connectivity index (χ4n) is 7.88. The first-order chi connectivity index (χ1) is 26.3. The number of rotatable bonds is 13. The number of fused-ring (bicyclic) bond motifs is 1. The maximum Gasteiger partial charge on any atom is 0.256 e. The normalized spacial score (nSPS) is 18.0. The molecule has 3 amide bonds. The minimum atomic E-state index is -0.655. The van der Waals surface area contributed by atoms with Crippen molar-refractivity contribution in [3.63, 3.8) is 0 Å². The van der Waals surface area contributed by atoms with Crippen LogP contribution in [-0.2, 0) is 16.1 Å². The molecular formula is C44H47ClN4O5. The van der Waals surface area contributed by atoms with Crippen LogP contribution in [0.1, 0.15) is 78.1 Å². The Labute approximate surface area is 322 Å². The van der Waals surface area contributed by atoms with Gasteiger partial charge in [-0.2, -0.15) is 0 Å². The van der Waals surface area contributed by atoms with Crippen LogP contribution in [0.15, 0.2) is 91.0 Å². The number of anilines is 1. The van der Waals surface area contributed by atoms with Gasteiger partial charge in [0.05, 0.1) is 17.2 Å². The molecule has 1 atom stereocenters. The summed E-state index contributed by atoms with van der Waals surface area (Å²) in [6.07, 6.45) is 4.59. The van der Waals surface area contributed by atoms with Gasteiger partial charge >= 0.3 is 0 Å². The van der Waals surface area contributed by atoms with Gasteiger partial charge in [0, 0.05) is 44.8 Å². The van der Waals surface area contributed by atoms with Gasteiger partial charge in [-0.05, 0) is 108 Å². The van der Waals surface area contributed by atoms with E-state index in [1.807, 2.05) is 42.5 Å². The molecule has 7 rings (SSSR count). The van der Waals surface area contributed by atoms with Crippen LogP contribution in [0, 0.1) is 0 Å². The highest BCUT2D eigenvalue weighted by atomic mass is 35.5. The maximum atomic E-state index is 13.2. The van der Waals surface area contributed by atoms with Crippen molar-refractivity contribution in [2.24, 2.45) is 0 Å². The summed E-state index contributed by atoms with van der Waals surface area (Å²) in [5.41, 5.74) is 8.06. The standard InChI is InChI=1S/C44H47ClN4O5/c1-2-37(30-9-5-3-6-10-30)41(31-11-15-35(50)16-12-31)32-13-17-36(18-14-32)54-26-8-4-7-21-47-22-24-48(25-23-47)34-27-33-29-49(44(53)42(33)38(45)28-34)39-19-20-40(51)46-43(39)52/h3,5-6,9-18,27-28,39,50H,2,4,7-8,19-26,29H2,1H3,(H,46,51,52). The van der Waals surface area contributed by atoms with Crippen LogP contribution in [0.2, 0.25) is 5.02 Å². The number of benzene rings is 4. The van der Waals surface area contributed by atoms with Crippen LogP contribution in [0.3, 0.4) is 0 Å². The summed E-state index contributed by atoms with van der Waals surface area (Å²) >= 11 is 6.66. The van der Waals surface area contributed by atoms with Gasteiger partial charge in [0.15, 0.2) is 0 Å². The van der Waals surface area contributed by atoms with Crippen molar-refractivity contribution < 1.29 is 24.2 Å². The Bertz CT molecular complexity index is 2010. The molecule has 0 aliphatic carbocycles. The first kappa shape index (κ1) is 37.2. The van der Waals surface area contributed by atoms with Crippen molar-refractivity contribution >= 4 is 46.2 Å². The summed E-state index contributed by atoms with van der Waals surface area (Å²) in [5, 5.41) is 12.7. The van der Waals surface area contributed by atoms with Gasteiger partial charge in [-0.15, -0.1) is 0 Å². The number of imide groups is 1. The monoisotopic (exact) mass is 746 g/mol. The third-order valence-corrected chi connectivity index (χ3v) is 11.1. The number of piperidine rings is 1. The zero-order chi connectivity index (χ0) is 37.6. The zero-order valence-electron chi connectivity index (χ0n) is 30.7. The van der Waals surface area contributed by atoms with Gasteiger partial charge in [0.1, 0.15) is 17.5 Å². The van der Waals surface area contributed by atoms with Crippen molar-refractivity contribution in [3.05, 3.63) is 124 Å². The Kier molecular flexibility index (Phi) is 11.7. The summed E-state index contributed by atoms with van der Waals surface area (Å²) in [7, 11) is 0. The molecule has 10 heteroatoms. The number of unbranched alkanes of at least 4 members (excludes halogenated alkanes) is 2. The first-order valence-electron chi connectivity index (χ1n) is 19.0. The predicted molar refractivity (Wildman–Crippen MR) is 213 cm³/mol. The molecule has 0 bridgehead atoms. The molecule has 0 spiro atoms. The third-order valence-electron chi connectivity index (χ3n) is 10.8. The van der Waals surface area contributed by atoms with Gasteiger partial charge in [0.2, 0.25) is 11.8 Å². The molecule has 54 heavy (non-hydrogen) atoms. The van der Waals surface area contributed by atoms with Crippen LogP contribution in [0.25, 0.3) is 11.1 Å². The number of allylic oxidation sites excluding steroid dienone is 1. The Hall–Kier alpha value is -5.12. The lowest BCUT2D eigenvalue weighted by molar-refractivity contribution is -0.136. The molecule has 3 aliphatic heterocycles. The number of phenolic OH excluding ortho intramolecular Hbond substituents is 1. The molecule has 0 radical (unpaired) electrons. The maximum absolute atomic E-state index is 13.2. The number of aromatic hydroxyl groups is 1. The van der Waals surface area contributed by atoms with Crippen LogP contribution >= 0.6 is 11.6 Å². The number of nitrogens with zero attached hydrogens (tertiary/aromatic N) is 3. The van der Waals surface area contributed by atoms with Crippen LogP contribution in [-0.4, -0.2) is 78.0 Å². The molecule has 3 heterocycles. The van der Waals surface area contributed by atoms with Gasteiger partial charge < -0.3 is 19.6 Å². The summed E-state index contributed by atoms with van der Waals surface area (Å²) in [6.45, 7) is 7.83. The van der Waals surface area contributed by atoms with E-state index >= 15 is 0 Å². The molecule has 2 saturated heterocycles. The lowest BCUT2D eigenvalue weighted by atomic mass is 9.88. The molecular weight excluding hydrogens is 700 g/mol. The van der Waals surface area contributed by atoms with E-state index in [0.29, 0.717) is 30.2 Å². The molecule has 9 nitrogen and oxygen atoms in total. The number of carbonyl (C=O) groups is 3. The van der Waals surface area contributed by atoms with Gasteiger partial charge in [0.25, 0.3) is 5.91 Å². The highest BCUT2D eigenvalue weighted by Gasteiger charge is 2.40. The Balaban J connectivity index is 0.864. The van der Waals surface area contributed by atoms with E-state index in [2.05, 4.69) is 58.4 Å². The van der Waals surface area contributed by atoms with E-state index in [4.69, 9.17) is 16.3 Å². The number of piperazine rings is 1. The minimum absolute atomic E-state index is 0.224. The number of halogens is 1. The second-order valence-corrected chi connectivity index (χ2v) is 14.7. The Morgan fingerprint density at radius 1 is 0.852 bits per heavy atom. The zero-order valence-corrected chi connectivity index (χ0v) is 31.5. The molecule has 4 aromatic rings. The number of amides is 3. The Morgan fingerprint density at radius 2 is 1.56 bits per heavy atom. The number of hydrogen-bond acceptors (Lipinski definition) is 7. The number of nitrogens with one attached hydrogen (secondary N) is 1. The lowest BCUT2D eigenvalue weighted by Crippen LogP contribution is -2.52. The molecule has 0 aromatic heterocycles. The predicted octanol–water partition coefficient (Wildman–Crippen LogP) is 7.55. The van der Waals surface area contributed by atoms with E-state index in [1.54, 1.807) is 17.0 Å². The van der Waals surface area contributed by atoms with E-state index in [0.717, 1.165) is 92.1 Å². The number of hydrogen-bond donors (Lipinski definition) is 2. The molecule has 2 N–H and O–H groups in total. The second kappa shape index (κ2) is 16.9. The molecule has 2 fully saturated rings. The van der Waals surface area contributed by atoms with Gasteiger partial charge in [-0.25, -0.2) is 0 Å². The van der Waals surface area contributed by atoms with E-state index in [1.165, 1.54) is 11.1 Å². The van der Waals surface area contributed by atoms with E-state index in [9.17, 15) is 19.5 Å². The fraction of sp³-hybridized carbons (Fsp3) is 0.341. The number of phenols is 1. The van der Waals surface area contributed by atoms with E-state index < -0.39 is 11.9 Å². The Morgan fingerprint density at radius 3 is 2.24 bits per heavy atom. The quantitative estimate of drug-likeness (QED) is 0.0828. The largest absolute Gasteiger partial charge is 0.508 e. The van der Waals surface area contributed by atoms with Crippen molar-refractivity contribution in [3.8, 4) is 11.5 Å². The topological polar surface area (TPSA) is 102 Å². The molecule has 280 valence electrons. The summed E-state index contributed by atoms with van der Waals surface area (Å²) in [6, 6.07) is 29.5. The number of ether oxygens (including phenoxy) is 1. The summed E-state index contributed by atoms with van der Waals surface area (Å²) < 4.78 is 6.15. The third kappa shape index (κ3) is 8.32. The SMILES string of the molecule is CCC(=C(c1ccc(O)cc1)c1ccc(OCCCCCN2CCN(c3cc(Cl)c4c(c3)CN(C3CCC(=O)NC3=O)C4=O)CC2)cc1)c1ccccc1. The average molecular weight is 747 g/mol. The van der Waals surface area contributed by atoms with Crippen molar-refractivity contribution in [1.82, 2.24) is 15.1 Å². The highest BCUT2D eigenvalue weighted by molar-refractivity contribution is 6.34. The molecule has 1 unspecified atom stereocenters. The lowest BCUT2D eigenvalue weighted by Gasteiger charge is -2.36. The number of carbonyl (C=O) groups excluding carboxylic acids is 3. The van der Waals surface area contributed by atoms with Crippen LogP contribution < -0.4 is 15.0 Å². The van der Waals surface area contributed by atoms with E-state index in [-0.39, 0.29) is 24.0 Å². The van der Waals surface area contributed by atoms with Crippen molar-refractivity contribution in [2.45, 2.75) is 58.0 Å². The van der Waals surface area contributed by atoms with Gasteiger partial charge in [-0.3, -0.25) is 24.6 Å². The van der Waals surface area contributed by atoms with Crippen LogP contribution in [0.4, 0.5) is 5.69 Å². The average Bonchev–Trinajstić information content (AvgIpc) is 3.52.